The number of hydrogen-bond acceptors (Lipinski definition) is 2. The van der Waals surface area contributed by atoms with E-state index in [0.717, 1.165) is 12.1 Å². The van der Waals surface area contributed by atoms with E-state index in [4.69, 9.17) is 0 Å². The zero-order valence-electron chi connectivity index (χ0n) is 8.75. The summed E-state index contributed by atoms with van der Waals surface area (Å²) in [5.74, 6) is -2.24. The van der Waals surface area contributed by atoms with E-state index in [-0.39, 0.29) is 11.3 Å². The van der Waals surface area contributed by atoms with Crippen LogP contribution in [0.25, 0.3) is 0 Å². The molecule has 0 unspecified atom stereocenters. The van der Waals surface area contributed by atoms with Gasteiger partial charge in [0.05, 0.1) is 5.56 Å². The monoisotopic (exact) mass is 375 g/mol. The predicted molar refractivity (Wildman–Crippen MR) is 69.4 cm³/mol. The molecule has 0 spiro atoms. The molecule has 0 atom stereocenters. The van der Waals surface area contributed by atoms with Crippen LogP contribution < -0.4 is 0 Å². The molecule has 1 aromatic heterocycles. The summed E-state index contributed by atoms with van der Waals surface area (Å²) >= 11 is 6.37. The van der Waals surface area contributed by atoms with Crippen molar-refractivity contribution in [3.05, 3.63) is 62.3 Å². The van der Waals surface area contributed by atoms with Crippen LogP contribution in [-0.2, 0) is 0 Å². The molecule has 0 fully saturated rings. The Morgan fingerprint density at radius 2 is 1.89 bits per heavy atom. The number of carbonyl (C=O) groups excluding carboxylic acids is 1. The predicted octanol–water partition coefficient (Wildman–Crippen LogP) is 4.12. The number of hydrogen-bond donors (Lipinski definition) is 0. The zero-order chi connectivity index (χ0) is 13.3. The largest absolute Gasteiger partial charge is 0.287 e. The van der Waals surface area contributed by atoms with Crippen LogP contribution in [0.15, 0.2) is 39.4 Å². The molecule has 6 heteroatoms. The summed E-state index contributed by atoms with van der Waals surface area (Å²) in [6.07, 6.45) is 1.43. The first-order valence-electron chi connectivity index (χ1n) is 4.80. The van der Waals surface area contributed by atoms with Crippen molar-refractivity contribution < 1.29 is 13.6 Å². The van der Waals surface area contributed by atoms with Gasteiger partial charge in [-0.15, -0.1) is 0 Å². The number of carbonyl (C=O) groups is 1. The first kappa shape index (κ1) is 13.3. The summed E-state index contributed by atoms with van der Waals surface area (Å²) in [7, 11) is 0. The molecule has 0 bridgehead atoms. The number of halogens is 4. The van der Waals surface area contributed by atoms with E-state index >= 15 is 0 Å². The number of benzene rings is 1. The lowest BCUT2D eigenvalue weighted by Gasteiger charge is -2.04. The van der Waals surface area contributed by atoms with Crippen molar-refractivity contribution in [3.63, 3.8) is 0 Å². The average Bonchev–Trinajstić information content (AvgIpc) is 2.28. The molecule has 18 heavy (non-hydrogen) atoms. The molecule has 2 nitrogen and oxygen atoms in total. The van der Waals surface area contributed by atoms with Crippen LogP contribution in [0.1, 0.15) is 16.1 Å². The topological polar surface area (TPSA) is 30.0 Å². The zero-order valence-corrected chi connectivity index (χ0v) is 11.9. The second-order valence-electron chi connectivity index (χ2n) is 3.44. The second-order valence-corrected chi connectivity index (χ2v) is 5.21. The fourth-order valence-electron chi connectivity index (χ4n) is 1.38. The average molecular weight is 377 g/mol. The molecular weight excluding hydrogens is 372 g/mol. The van der Waals surface area contributed by atoms with E-state index in [1.807, 2.05) is 0 Å². The highest BCUT2D eigenvalue weighted by Gasteiger charge is 2.18. The van der Waals surface area contributed by atoms with E-state index in [0.29, 0.717) is 15.0 Å². The van der Waals surface area contributed by atoms with E-state index in [9.17, 15) is 13.6 Å². The van der Waals surface area contributed by atoms with E-state index < -0.39 is 17.4 Å². The summed E-state index contributed by atoms with van der Waals surface area (Å²) < 4.78 is 27.4. The molecule has 1 heterocycles. The highest BCUT2D eigenvalue weighted by Crippen LogP contribution is 2.23. The molecule has 2 aromatic rings. The van der Waals surface area contributed by atoms with Gasteiger partial charge in [-0.1, -0.05) is 0 Å². The van der Waals surface area contributed by atoms with Gasteiger partial charge in [-0.25, -0.2) is 8.78 Å². The van der Waals surface area contributed by atoms with Gasteiger partial charge in [0.25, 0.3) is 0 Å². The molecular formula is C12H5Br2F2NO. The summed E-state index contributed by atoms with van der Waals surface area (Å²) in [5.41, 5.74) is -0.143. The Morgan fingerprint density at radius 3 is 2.50 bits per heavy atom. The van der Waals surface area contributed by atoms with Crippen molar-refractivity contribution in [3.8, 4) is 0 Å². The summed E-state index contributed by atoms with van der Waals surface area (Å²) in [5, 5.41) is 0. The smallest absolute Gasteiger partial charge is 0.215 e. The summed E-state index contributed by atoms with van der Waals surface area (Å²) in [6, 6.07) is 4.42. The van der Waals surface area contributed by atoms with Crippen molar-refractivity contribution in [1.29, 1.82) is 0 Å². The van der Waals surface area contributed by atoms with Crippen molar-refractivity contribution in [2.75, 3.05) is 0 Å². The fourth-order valence-corrected chi connectivity index (χ4v) is 2.55. The maximum Gasteiger partial charge on any atom is 0.215 e. The molecule has 0 saturated heterocycles. The number of rotatable bonds is 2. The van der Waals surface area contributed by atoms with Crippen LogP contribution in [0, 0.1) is 11.6 Å². The molecule has 0 aliphatic heterocycles. The van der Waals surface area contributed by atoms with Gasteiger partial charge >= 0.3 is 0 Å². The number of pyridine rings is 1. The van der Waals surface area contributed by atoms with Gasteiger partial charge < -0.3 is 0 Å². The standard InChI is InChI=1S/C12H5Br2F2NO/c13-6-3-9(14)11(17-5-6)12(18)8-2-1-7(15)4-10(8)16/h1-5H. The van der Waals surface area contributed by atoms with E-state index in [2.05, 4.69) is 36.8 Å². The van der Waals surface area contributed by atoms with Gasteiger partial charge in [-0.3, -0.25) is 9.78 Å². The van der Waals surface area contributed by atoms with Crippen molar-refractivity contribution >= 4 is 37.6 Å². The van der Waals surface area contributed by atoms with Crippen LogP contribution in [0.2, 0.25) is 0 Å². The van der Waals surface area contributed by atoms with Crippen molar-refractivity contribution in [2.24, 2.45) is 0 Å². The van der Waals surface area contributed by atoms with Crippen LogP contribution in [0.4, 0.5) is 8.78 Å². The van der Waals surface area contributed by atoms with Gasteiger partial charge in [-0.2, -0.15) is 0 Å². The number of nitrogens with zero attached hydrogens (tertiary/aromatic N) is 1. The van der Waals surface area contributed by atoms with Gasteiger partial charge in [0.1, 0.15) is 17.3 Å². The minimum absolute atomic E-state index is 0.0729. The third-order valence-corrected chi connectivity index (χ3v) is 3.24. The fraction of sp³-hybridized carbons (Fsp3) is 0. The highest BCUT2D eigenvalue weighted by molar-refractivity contribution is 9.11. The Labute approximate surface area is 118 Å². The van der Waals surface area contributed by atoms with E-state index in [1.165, 1.54) is 6.20 Å². The van der Waals surface area contributed by atoms with Gasteiger partial charge in [0, 0.05) is 21.2 Å². The van der Waals surface area contributed by atoms with Gasteiger partial charge in [-0.05, 0) is 50.1 Å². The first-order valence-corrected chi connectivity index (χ1v) is 6.38. The Balaban J connectivity index is 2.48. The number of aromatic nitrogens is 1. The second kappa shape index (κ2) is 5.24. The van der Waals surface area contributed by atoms with Gasteiger partial charge in [0.2, 0.25) is 5.78 Å². The van der Waals surface area contributed by atoms with Gasteiger partial charge in [0.15, 0.2) is 0 Å². The molecule has 2 rings (SSSR count). The van der Waals surface area contributed by atoms with Crippen molar-refractivity contribution in [1.82, 2.24) is 4.98 Å². The SMILES string of the molecule is O=C(c1ccc(F)cc1F)c1ncc(Br)cc1Br. The Morgan fingerprint density at radius 1 is 1.17 bits per heavy atom. The van der Waals surface area contributed by atoms with Crippen molar-refractivity contribution in [2.45, 2.75) is 0 Å². The third kappa shape index (κ3) is 2.64. The Bertz CT molecular complexity index is 578. The molecule has 1 aromatic carbocycles. The quantitative estimate of drug-likeness (QED) is 0.738. The lowest BCUT2D eigenvalue weighted by Crippen LogP contribution is -2.07. The summed E-state index contributed by atoms with van der Waals surface area (Å²) in [6.45, 7) is 0. The molecule has 0 N–H and O–H groups in total. The van der Waals surface area contributed by atoms with Crippen LogP contribution >= 0.6 is 31.9 Å². The Hall–Kier alpha value is -1.14. The minimum Gasteiger partial charge on any atom is -0.287 e. The maximum absolute atomic E-state index is 13.5. The number of ketones is 1. The molecule has 0 aliphatic rings. The minimum atomic E-state index is -0.906. The van der Waals surface area contributed by atoms with E-state index in [1.54, 1.807) is 6.07 Å². The molecule has 0 amide bonds. The lowest BCUT2D eigenvalue weighted by atomic mass is 10.1. The van der Waals surface area contributed by atoms with Crippen LogP contribution in [0.3, 0.4) is 0 Å². The molecule has 0 radical (unpaired) electrons. The summed E-state index contributed by atoms with van der Waals surface area (Å²) in [4.78, 5) is 16.0. The molecule has 0 saturated carbocycles. The lowest BCUT2D eigenvalue weighted by molar-refractivity contribution is 0.102. The maximum atomic E-state index is 13.5. The first-order chi connectivity index (χ1) is 8.49. The molecule has 0 aliphatic carbocycles. The van der Waals surface area contributed by atoms with Crippen LogP contribution in [-0.4, -0.2) is 10.8 Å². The third-order valence-electron chi connectivity index (χ3n) is 2.20. The molecule has 92 valence electrons. The highest BCUT2D eigenvalue weighted by atomic mass is 79.9. The normalized spacial score (nSPS) is 10.4. The Kier molecular flexibility index (Phi) is 3.87. The van der Waals surface area contributed by atoms with Crippen LogP contribution in [0.5, 0.6) is 0 Å².